The minimum atomic E-state index is -3.30. The molecule has 3 rings (SSSR count). The molecular formula is C9H10N4O2S2. The van der Waals surface area contributed by atoms with Gasteiger partial charge in [0.05, 0.1) is 18.4 Å². The Balaban J connectivity index is 1.74. The number of thiophene rings is 1. The summed E-state index contributed by atoms with van der Waals surface area (Å²) in [6.07, 6.45) is 3.19. The van der Waals surface area contributed by atoms with E-state index in [1.165, 1.54) is 15.6 Å². The lowest BCUT2D eigenvalue weighted by atomic mass is 10.2. The first-order valence-corrected chi connectivity index (χ1v) is 7.39. The van der Waals surface area contributed by atoms with Crippen LogP contribution in [0.5, 0.6) is 0 Å². The summed E-state index contributed by atoms with van der Waals surface area (Å²) in [7, 11) is -3.30. The van der Waals surface area contributed by atoms with E-state index in [0.717, 1.165) is 0 Å². The molecule has 2 aromatic heterocycles. The lowest BCUT2D eigenvalue weighted by Crippen LogP contribution is -2.50. The van der Waals surface area contributed by atoms with Gasteiger partial charge in [0.2, 0.25) is 0 Å². The van der Waals surface area contributed by atoms with Gasteiger partial charge < -0.3 is 0 Å². The Hall–Kier alpha value is -1.25. The van der Waals surface area contributed by atoms with E-state index in [-0.39, 0.29) is 6.04 Å². The van der Waals surface area contributed by atoms with Crippen molar-refractivity contribution >= 4 is 21.4 Å². The van der Waals surface area contributed by atoms with Crippen LogP contribution in [0.25, 0.3) is 0 Å². The van der Waals surface area contributed by atoms with Crippen LogP contribution in [0.15, 0.2) is 34.1 Å². The summed E-state index contributed by atoms with van der Waals surface area (Å²) in [5, 5.41) is 9.77. The molecule has 0 spiro atoms. The van der Waals surface area contributed by atoms with E-state index in [4.69, 9.17) is 0 Å². The normalized spacial score (nSPS) is 18.1. The smallest absolute Gasteiger partial charge is 0.206 e. The van der Waals surface area contributed by atoms with E-state index < -0.39 is 10.0 Å². The van der Waals surface area contributed by atoms with Crippen LogP contribution >= 0.6 is 11.3 Å². The molecule has 1 aliphatic rings. The number of rotatable bonds is 3. The molecule has 17 heavy (non-hydrogen) atoms. The average Bonchev–Trinajstić information content (AvgIpc) is 2.87. The van der Waals surface area contributed by atoms with Gasteiger partial charge in [-0.2, -0.15) is 19.3 Å². The van der Waals surface area contributed by atoms with Gasteiger partial charge in [-0.1, -0.05) is 6.07 Å². The summed E-state index contributed by atoms with van der Waals surface area (Å²) < 4.78 is 26.0. The summed E-state index contributed by atoms with van der Waals surface area (Å²) >= 11 is 1.24. The van der Waals surface area contributed by atoms with Crippen molar-refractivity contribution < 1.29 is 8.42 Å². The molecule has 0 radical (unpaired) electrons. The molecule has 90 valence electrons. The Morgan fingerprint density at radius 1 is 1.29 bits per heavy atom. The highest BCUT2D eigenvalue weighted by molar-refractivity contribution is 7.91. The van der Waals surface area contributed by atoms with Crippen LogP contribution in [-0.4, -0.2) is 40.8 Å². The maximum atomic E-state index is 12.1. The van der Waals surface area contributed by atoms with Crippen molar-refractivity contribution in [2.24, 2.45) is 0 Å². The number of nitrogens with zero attached hydrogens (tertiary/aromatic N) is 4. The van der Waals surface area contributed by atoms with Crippen molar-refractivity contribution in [1.82, 2.24) is 19.3 Å². The fourth-order valence-electron chi connectivity index (χ4n) is 1.71. The number of hydrogen-bond acceptors (Lipinski definition) is 5. The summed E-state index contributed by atoms with van der Waals surface area (Å²) in [6.45, 7) is 0.879. The van der Waals surface area contributed by atoms with Gasteiger partial charge in [0.15, 0.2) is 0 Å². The molecule has 6 nitrogen and oxygen atoms in total. The third-order valence-electron chi connectivity index (χ3n) is 2.68. The molecule has 0 saturated carbocycles. The highest BCUT2D eigenvalue weighted by atomic mass is 32.2. The zero-order valence-electron chi connectivity index (χ0n) is 8.80. The van der Waals surface area contributed by atoms with Crippen LogP contribution in [0.4, 0.5) is 0 Å². The minimum Gasteiger partial charge on any atom is -0.206 e. The van der Waals surface area contributed by atoms with Gasteiger partial charge in [-0.3, -0.25) is 0 Å². The van der Waals surface area contributed by atoms with Crippen LogP contribution in [0.3, 0.4) is 0 Å². The fourth-order valence-corrected chi connectivity index (χ4v) is 4.37. The molecule has 2 aromatic rings. The quantitative estimate of drug-likeness (QED) is 0.818. The van der Waals surface area contributed by atoms with Crippen molar-refractivity contribution in [1.29, 1.82) is 0 Å². The molecule has 3 heterocycles. The molecule has 0 aromatic carbocycles. The predicted octanol–water partition coefficient (Wildman–Crippen LogP) is 0.585. The van der Waals surface area contributed by atoms with Crippen LogP contribution in [0.2, 0.25) is 0 Å². The van der Waals surface area contributed by atoms with Gasteiger partial charge in [-0.15, -0.1) is 11.3 Å². The third-order valence-corrected chi connectivity index (χ3v) is 5.89. The first kappa shape index (κ1) is 10.9. The second-order valence-electron chi connectivity index (χ2n) is 3.76. The van der Waals surface area contributed by atoms with Gasteiger partial charge in [-0.05, 0) is 11.4 Å². The Morgan fingerprint density at radius 2 is 2.00 bits per heavy atom. The van der Waals surface area contributed by atoms with Gasteiger partial charge in [0, 0.05) is 13.1 Å². The summed E-state index contributed by atoms with van der Waals surface area (Å²) in [5.41, 5.74) is 0. The molecule has 1 saturated heterocycles. The molecule has 1 fully saturated rings. The Bertz CT molecular complexity index is 585. The maximum Gasteiger partial charge on any atom is 0.252 e. The largest absolute Gasteiger partial charge is 0.252 e. The van der Waals surface area contributed by atoms with E-state index in [0.29, 0.717) is 17.3 Å². The lowest BCUT2D eigenvalue weighted by Gasteiger charge is -2.36. The zero-order chi connectivity index (χ0) is 11.9. The van der Waals surface area contributed by atoms with Crippen molar-refractivity contribution in [2.75, 3.05) is 13.1 Å². The molecule has 8 heteroatoms. The van der Waals surface area contributed by atoms with Crippen molar-refractivity contribution in [3.8, 4) is 0 Å². The second kappa shape index (κ2) is 3.90. The van der Waals surface area contributed by atoms with Gasteiger partial charge in [-0.25, -0.2) is 8.42 Å². The van der Waals surface area contributed by atoms with E-state index >= 15 is 0 Å². The van der Waals surface area contributed by atoms with Gasteiger partial charge >= 0.3 is 0 Å². The summed E-state index contributed by atoms with van der Waals surface area (Å²) in [4.78, 5) is 1.56. The summed E-state index contributed by atoms with van der Waals surface area (Å²) in [5.74, 6) is 0. The Labute approximate surface area is 103 Å². The van der Waals surface area contributed by atoms with E-state index in [9.17, 15) is 8.42 Å². The zero-order valence-corrected chi connectivity index (χ0v) is 10.4. The van der Waals surface area contributed by atoms with Crippen molar-refractivity contribution in [3.05, 3.63) is 29.9 Å². The molecule has 1 aliphatic heterocycles. The SMILES string of the molecule is O=S(=O)(c1cccs1)N1CC(n2nccn2)C1. The van der Waals surface area contributed by atoms with Crippen LogP contribution in [0, 0.1) is 0 Å². The topological polar surface area (TPSA) is 68.1 Å². The summed E-state index contributed by atoms with van der Waals surface area (Å²) in [6, 6.07) is 3.42. The van der Waals surface area contributed by atoms with Gasteiger partial charge in [0.25, 0.3) is 10.0 Å². The number of aromatic nitrogens is 3. The van der Waals surface area contributed by atoms with Crippen LogP contribution in [0.1, 0.15) is 6.04 Å². The first-order valence-electron chi connectivity index (χ1n) is 5.07. The minimum absolute atomic E-state index is 0.0553. The van der Waals surface area contributed by atoms with Crippen molar-refractivity contribution in [3.63, 3.8) is 0 Å². The lowest BCUT2D eigenvalue weighted by molar-refractivity contribution is 0.176. The standard InChI is InChI=1S/C9H10N4O2S2/c14-17(15,9-2-1-5-16-9)12-6-8(7-12)13-10-3-4-11-13/h1-5,8H,6-7H2. The maximum absolute atomic E-state index is 12.1. The third kappa shape index (κ3) is 1.78. The molecule has 0 aliphatic carbocycles. The monoisotopic (exact) mass is 270 g/mol. The Kier molecular flexibility index (Phi) is 2.49. The molecule has 0 atom stereocenters. The molecular weight excluding hydrogens is 260 g/mol. The Morgan fingerprint density at radius 3 is 2.59 bits per heavy atom. The van der Waals surface area contributed by atoms with Crippen molar-refractivity contribution in [2.45, 2.75) is 10.3 Å². The highest BCUT2D eigenvalue weighted by Crippen LogP contribution is 2.29. The highest BCUT2D eigenvalue weighted by Gasteiger charge is 2.38. The second-order valence-corrected chi connectivity index (χ2v) is 6.87. The van der Waals surface area contributed by atoms with E-state index in [1.54, 1.807) is 34.7 Å². The molecule has 0 unspecified atom stereocenters. The van der Waals surface area contributed by atoms with Gasteiger partial charge in [0.1, 0.15) is 4.21 Å². The van der Waals surface area contributed by atoms with Crippen LogP contribution < -0.4 is 0 Å². The molecule has 0 bridgehead atoms. The first-order chi connectivity index (χ1) is 8.18. The average molecular weight is 270 g/mol. The predicted molar refractivity (Wildman–Crippen MR) is 62.1 cm³/mol. The number of hydrogen-bond donors (Lipinski definition) is 0. The number of sulfonamides is 1. The van der Waals surface area contributed by atoms with E-state index in [1.807, 2.05) is 0 Å². The fraction of sp³-hybridized carbons (Fsp3) is 0.333. The van der Waals surface area contributed by atoms with Crippen LogP contribution in [-0.2, 0) is 10.0 Å². The molecule has 0 amide bonds. The molecule has 0 N–H and O–H groups in total. The van der Waals surface area contributed by atoms with E-state index in [2.05, 4.69) is 10.2 Å².